The number of nitrogens with two attached hydrogens (primary N) is 1. The number of amides is 2. The Balaban J connectivity index is 2.67. The van der Waals surface area contributed by atoms with Gasteiger partial charge >= 0.3 is 6.03 Å². The lowest BCUT2D eigenvalue weighted by Gasteiger charge is -2.34. The molecule has 0 aromatic carbocycles. The second-order valence-electron chi connectivity index (χ2n) is 4.68. The topological polar surface area (TPSA) is 81.8 Å². The summed E-state index contributed by atoms with van der Waals surface area (Å²) in [5.74, 6) is 5.78. The van der Waals surface area contributed by atoms with Crippen molar-refractivity contribution in [3.63, 3.8) is 0 Å². The molecule has 1 saturated heterocycles. The molecule has 1 fully saturated rings. The van der Waals surface area contributed by atoms with Gasteiger partial charge in [-0.25, -0.2) is 10.6 Å². The van der Waals surface area contributed by atoms with Crippen LogP contribution in [0.15, 0.2) is 0 Å². The van der Waals surface area contributed by atoms with E-state index in [1.54, 1.807) is 0 Å². The molecular weight excluding hydrogens is 272 g/mol. The van der Waals surface area contributed by atoms with E-state index < -0.39 is 16.9 Å². The molecule has 0 saturated carbocycles. The van der Waals surface area contributed by atoms with Crippen LogP contribution in [-0.4, -0.2) is 43.1 Å². The van der Waals surface area contributed by atoms with Crippen molar-refractivity contribution in [1.29, 1.82) is 0 Å². The molecule has 2 amide bonds. The van der Waals surface area contributed by atoms with Crippen molar-refractivity contribution >= 4 is 34.3 Å². The fourth-order valence-electron chi connectivity index (χ4n) is 1.74. The molecule has 1 rings (SSSR count). The molecule has 0 aromatic rings. The van der Waals surface area contributed by atoms with Gasteiger partial charge in [0, 0.05) is 6.54 Å². The summed E-state index contributed by atoms with van der Waals surface area (Å²) in [6, 6.07) is -0.553. The van der Waals surface area contributed by atoms with E-state index in [0.29, 0.717) is 15.9 Å². The Morgan fingerprint density at radius 2 is 2.33 bits per heavy atom. The van der Waals surface area contributed by atoms with E-state index in [0.717, 1.165) is 12.8 Å². The van der Waals surface area contributed by atoms with Crippen molar-refractivity contribution in [2.45, 2.75) is 44.5 Å². The van der Waals surface area contributed by atoms with Crippen LogP contribution in [0.1, 0.15) is 33.6 Å². The lowest BCUT2D eigenvalue weighted by molar-refractivity contribution is -0.119. The van der Waals surface area contributed by atoms with Crippen LogP contribution < -0.4 is 11.2 Å². The molecule has 104 valence electrons. The number of thioether (sulfide) groups is 1. The van der Waals surface area contributed by atoms with E-state index in [9.17, 15) is 10.0 Å². The van der Waals surface area contributed by atoms with Gasteiger partial charge in [0.2, 0.25) is 0 Å². The SMILES string of the molecule is CCCCNC(=O)N(O)[C@H]1N(N)C(=S)SC1(C)C. The summed E-state index contributed by atoms with van der Waals surface area (Å²) < 4.78 is 0.00767. The third-order valence-electron chi connectivity index (χ3n) is 2.69. The number of carbonyl (C=O) groups is 1. The van der Waals surface area contributed by atoms with Gasteiger partial charge in [-0.1, -0.05) is 37.3 Å². The van der Waals surface area contributed by atoms with Crippen LogP contribution >= 0.6 is 24.0 Å². The van der Waals surface area contributed by atoms with E-state index in [2.05, 4.69) is 5.32 Å². The quantitative estimate of drug-likeness (QED) is 0.239. The summed E-state index contributed by atoms with van der Waals surface area (Å²) in [5, 5.41) is 14.5. The average Bonchev–Trinajstić information content (AvgIpc) is 2.47. The minimum absolute atomic E-state index is 0.456. The minimum atomic E-state index is -0.670. The van der Waals surface area contributed by atoms with Crippen LogP contribution in [0.3, 0.4) is 0 Å². The van der Waals surface area contributed by atoms with Crippen molar-refractivity contribution in [3.05, 3.63) is 0 Å². The molecule has 0 radical (unpaired) electrons. The van der Waals surface area contributed by atoms with Crippen LogP contribution in [-0.2, 0) is 0 Å². The number of unbranched alkanes of at least 4 members (excludes halogenated alkanes) is 1. The van der Waals surface area contributed by atoms with E-state index in [4.69, 9.17) is 18.1 Å². The first kappa shape index (κ1) is 15.5. The molecule has 6 nitrogen and oxygen atoms in total. The molecule has 18 heavy (non-hydrogen) atoms. The molecule has 0 aromatic heterocycles. The fourth-order valence-corrected chi connectivity index (χ4v) is 3.46. The summed E-state index contributed by atoms with van der Waals surface area (Å²) in [6.07, 6.45) is 1.17. The number of rotatable bonds is 4. The third-order valence-corrected chi connectivity index (χ3v) is 4.28. The Morgan fingerprint density at radius 1 is 1.72 bits per heavy atom. The zero-order valence-corrected chi connectivity index (χ0v) is 12.5. The van der Waals surface area contributed by atoms with E-state index >= 15 is 0 Å². The molecule has 0 unspecified atom stereocenters. The number of nitrogens with one attached hydrogen (secondary N) is 1. The van der Waals surface area contributed by atoms with Crippen LogP contribution in [0, 0.1) is 0 Å². The number of hydroxylamine groups is 2. The first-order valence-electron chi connectivity index (χ1n) is 5.84. The molecule has 8 heteroatoms. The maximum Gasteiger partial charge on any atom is 0.343 e. The fraction of sp³-hybridized carbons (Fsp3) is 0.800. The third kappa shape index (κ3) is 3.25. The van der Waals surface area contributed by atoms with Crippen LogP contribution in [0.25, 0.3) is 0 Å². The summed E-state index contributed by atoms with van der Waals surface area (Å²) >= 11 is 6.44. The van der Waals surface area contributed by atoms with Crippen molar-refractivity contribution < 1.29 is 10.0 Å². The summed E-state index contributed by atoms with van der Waals surface area (Å²) in [6.45, 7) is 6.31. The highest BCUT2D eigenvalue weighted by Gasteiger charge is 2.48. The maximum atomic E-state index is 11.8. The Kier molecular flexibility index (Phi) is 5.20. The number of nitrogens with zero attached hydrogens (tertiary/aromatic N) is 2. The van der Waals surface area contributed by atoms with Gasteiger partial charge in [-0.15, -0.1) is 0 Å². The molecule has 1 aliphatic rings. The Bertz CT molecular complexity index is 338. The number of urea groups is 1. The summed E-state index contributed by atoms with van der Waals surface area (Å²) in [4.78, 5) is 11.8. The second-order valence-corrected chi connectivity index (χ2v) is 6.97. The smallest absolute Gasteiger partial charge is 0.336 e. The number of hydrazine groups is 1. The standard InChI is InChI=1S/C10H20N4O2S2/c1-4-5-6-12-8(15)14(16)7-10(2,3)18-9(17)13(7)11/h7,16H,4-6,11H2,1-3H3,(H,12,15)/t7-/m1/s1. The largest absolute Gasteiger partial charge is 0.343 e. The first-order chi connectivity index (χ1) is 8.31. The molecule has 0 bridgehead atoms. The normalized spacial score (nSPS) is 22.2. The first-order valence-corrected chi connectivity index (χ1v) is 7.06. The van der Waals surface area contributed by atoms with Crippen molar-refractivity contribution in [2.75, 3.05) is 6.54 Å². The number of hydrogen-bond acceptors (Lipinski definition) is 5. The van der Waals surface area contributed by atoms with E-state index in [1.165, 1.54) is 16.8 Å². The van der Waals surface area contributed by atoms with Crippen molar-refractivity contribution in [3.8, 4) is 0 Å². The van der Waals surface area contributed by atoms with Gasteiger partial charge in [-0.05, 0) is 20.3 Å². The monoisotopic (exact) mass is 292 g/mol. The van der Waals surface area contributed by atoms with Gasteiger partial charge in [0.15, 0.2) is 10.5 Å². The van der Waals surface area contributed by atoms with Crippen LogP contribution in [0.5, 0.6) is 0 Å². The highest BCUT2D eigenvalue weighted by Crippen LogP contribution is 2.40. The molecule has 1 atom stereocenters. The molecule has 1 aliphatic heterocycles. The predicted octanol–water partition coefficient (Wildman–Crippen LogP) is 1.50. The van der Waals surface area contributed by atoms with Crippen molar-refractivity contribution in [1.82, 2.24) is 15.4 Å². The molecule has 4 N–H and O–H groups in total. The zero-order chi connectivity index (χ0) is 13.9. The van der Waals surface area contributed by atoms with E-state index in [1.807, 2.05) is 20.8 Å². The molecule has 0 aliphatic carbocycles. The van der Waals surface area contributed by atoms with Gasteiger partial charge in [0.1, 0.15) is 0 Å². The highest BCUT2D eigenvalue weighted by molar-refractivity contribution is 8.24. The summed E-state index contributed by atoms with van der Waals surface area (Å²) in [5.41, 5.74) is 0. The predicted molar refractivity (Wildman–Crippen MR) is 76.0 cm³/mol. The van der Waals surface area contributed by atoms with Gasteiger partial charge < -0.3 is 5.32 Å². The lowest BCUT2D eigenvalue weighted by Crippen LogP contribution is -2.58. The van der Waals surface area contributed by atoms with Crippen LogP contribution in [0.2, 0.25) is 0 Å². The Hall–Kier alpha value is -0.570. The summed E-state index contributed by atoms with van der Waals surface area (Å²) in [7, 11) is 0. The van der Waals surface area contributed by atoms with Gasteiger partial charge in [-0.3, -0.25) is 10.2 Å². The van der Waals surface area contributed by atoms with E-state index in [-0.39, 0.29) is 0 Å². The number of carbonyl (C=O) groups excluding carboxylic acids is 1. The van der Waals surface area contributed by atoms with Gasteiger partial charge in [0.05, 0.1) is 4.75 Å². The molecule has 0 spiro atoms. The Morgan fingerprint density at radius 3 is 2.78 bits per heavy atom. The zero-order valence-electron chi connectivity index (χ0n) is 10.8. The Labute approximate surface area is 117 Å². The number of hydrogen-bond donors (Lipinski definition) is 3. The van der Waals surface area contributed by atoms with Gasteiger partial charge in [0.25, 0.3) is 0 Å². The van der Waals surface area contributed by atoms with Gasteiger partial charge in [-0.2, -0.15) is 5.06 Å². The number of thiocarbonyl (C=S) groups is 1. The molecule has 1 heterocycles. The second kappa shape index (κ2) is 6.05. The van der Waals surface area contributed by atoms with Crippen molar-refractivity contribution in [2.24, 2.45) is 5.84 Å². The lowest BCUT2D eigenvalue weighted by atomic mass is 10.1. The highest BCUT2D eigenvalue weighted by atomic mass is 32.2. The van der Waals surface area contributed by atoms with Crippen LogP contribution in [0.4, 0.5) is 4.79 Å². The average molecular weight is 292 g/mol. The minimum Gasteiger partial charge on any atom is -0.336 e. The molecular formula is C10H20N4O2S2. The maximum absolute atomic E-state index is 11.8.